The molecule has 0 aliphatic heterocycles. The van der Waals surface area contributed by atoms with Crippen LogP contribution in [0.3, 0.4) is 0 Å². The predicted molar refractivity (Wildman–Crippen MR) is 68.1 cm³/mol. The highest BCUT2D eigenvalue weighted by Crippen LogP contribution is 2.21. The molecule has 0 aromatic heterocycles. The van der Waals surface area contributed by atoms with Crippen LogP contribution in [0.1, 0.15) is 35.3 Å². The third kappa shape index (κ3) is 2.82. The lowest BCUT2D eigenvalue weighted by molar-refractivity contribution is 0.0995. The summed E-state index contributed by atoms with van der Waals surface area (Å²) in [6, 6.07) is 5.78. The highest BCUT2D eigenvalue weighted by Gasteiger charge is 2.16. The summed E-state index contributed by atoms with van der Waals surface area (Å²) in [5.74, 6) is 0.492. The molecule has 1 atom stereocenters. The minimum absolute atomic E-state index is 0.0981. The van der Waals surface area contributed by atoms with Crippen molar-refractivity contribution in [1.29, 1.82) is 0 Å². The van der Waals surface area contributed by atoms with Gasteiger partial charge in [0, 0.05) is 11.4 Å². The normalized spacial score (nSPS) is 12.5. The van der Waals surface area contributed by atoms with Gasteiger partial charge in [0.05, 0.1) is 4.83 Å². The summed E-state index contributed by atoms with van der Waals surface area (Å²) < 4.78 is 0. The first-order valence-electron chi connectivity index (χ1n) is 4.96. The molecule has 0 spiro atoms. The van der Waals surface area contributed by atoms with E-state index in [1.807, 2.05) is 25.1 Å². The average Bonchev–Trinajstić information content (AvgIpc) is 2.26. The number of hydrogen-bond acceptors (Lipinski definition) is 1. The molecule has 0 saturated carbocycles. The van der Waals surface area contributed by atoms with Crippen LogP contribution in [0, 0.1) is 0 Å². The van der Waals surface area contributed by atoms with E-state index < -0.39 is 0 Å². The van der Waals surface area contributed by atoms with Crippen molar-refractivity contribution in [1.82, 2.24) is 0 Å². The summed E-state index contributed by atoms with van der Waals surface area (Å²) in [4.78, 5) is 11.7. The van der Waals surface area contributed by atoms with Gasteiger partial charge in [-0.05, 0) is 24.5 Å². The first-order valence-corrected chi connectivity index (χ1v) is 6.41. The Morgan fingerprint density at radius 1 is 1.53 bits per heavy atom. The summed E-state index contributed by atoms with van der Waals surface area (Å²) in [6.45, 7) is 3.90. The van der Waals surface area contributed by atoms with E-state index in [2.05, 4.69) is 22.9 Å². The summed E-state index contributed by atoms with van der Waals surface area (Å²) in [6.07, 6.45) is 0.903. The van der Waals surface area contributed by atoms with E-state index in [4.69, 9.17) is 11.6 Å². The van der Waals surface area contributed by atoms with E-state index in [1.54, 1.807) is 0 Å². The number of hydrogen-bond donors (Lipinski definition) is 0. The van der Waals surface area contributed by atoms with Gasteiger partial charge in [0.25, 0.3) is 0 Å². The molecule has 0 amide bonds. The summed E-state index contributed by atoms with van der Waals surface area (Å²) >= 11 is 9.19. The molecule has 3 heteroatoms. The van der Waals surface area contributed by atoms with Crippen LogP contribution < -0.4 is 0 Å². The number of Topliss-reactive ketones (excluding diaryl/α,β-unsaturated/α-hetero) is 1. The largest absolute Gasteiger partial charge is 0.293 e. The standard InChI is InChI=1S/C12H14BrClO/c1-3-9-5-4-6-10(11(9)7-14)12(15)8(2)13/h4-6,8H,3,7H2,1-2H3. The van der Waals surface area contributed by atoms with Gasteiger partial charge in [-0.3, -0.25) is 4.79 Å². The first kappa shape index (κ1) is 12.7. The molecular weight excluding hydrogens is 275 g/mol. The van der Waals surface area contributed by atoms with Gasteiger partial charge in [0.15, 0.2) is 5.78 Å². The highest BCUT2D eigenvalue weighted by molar-refractivity contribution is 9.10. The lowest BCUT2D eigenvalue weighted by atomic mass is 9.97. The Hall–Kier alpha value is -0.340. The molecule has 0 aliphatic carbocycles. The number of rotatable bonds is 4. The molecule has 0 heterocycles. The Morgan fingerprint density at radius 2 is 2.20 bits per heavy atom. The third-order valence-electron chi connectivity index (χ3n) is 2.41. The minimum atomic E-state index is -0.161. The highest BCUT2D eigenvalue weighted by atomic mass is 79.9. The second-order valence-corrected chi connectivity index (χ2v) is 5.05. The lowest BCUT2D eigenvalue weighted by Gasteiger charge is -2.11. The monoisotopic (exact) mass is 288 g/mol. The SMILES string of the molecule is CCc1cccc(C(=O)C(C)Br)c1CCl. The van der Waals surface area contributed by atoms with Crippen molar-refractivity contribution in [3.63, 3.8) is 0 Å². The fraction of sp³-hybridized carbons (Fsp3) is 0.417. The zero-order valence-corrected chi connectivity index (χ0v) is 11.2. The van der Waals surface area contributed by atoms with Crippen LogP contribution in [0.25, 0.3) is 0 Å². The van der Waals surface area contributed by atoms with Gasteiger partial charge in [0.1, 0.15) is 0 Å². The molecule has 0 bridgehead atoms. The van der Waals surface area contributed by atoms with Crippen LogP contribution in [0.15, 0.2) is 18.2 Å². The van der Waals surface area contributed by atoms with Crippen molar-refractivity contribution < 1.29 is 4.79 Å². The van der Waals surface area contributed by atoms with Crippen LogP contribution in [0.4, 0.5) is 0 Å². The molecule has 1 unspecified atom stereocenters. The number of carbonyl (C=O) groups excluding carboxylic acids is 1. The Balaban J connectivity index is 3.23. The second kappa shape index (κ2) is 5.66. The van der Waals surface area contributed by atoms with E-state index in [-0.39, 0.29) is 10.6 Å². The maximum absolute atomic E-state index is 11.9. The van der Waals surface area contributed by atoms with Crippen molar-refractivity contribution in [2.24, 2.45) is 0 Å². The molecule has 0 radical (unpaired) electrons. The first-order chi connectivity index (χ1) is 7.11. The Morgan fingerprint density at radius 3 is 2.67 bits per heavy atom. The average molecular weight is 290 g/mol. The van der Waals surface area contributed by atoms with Crippen LogP contribution in [-0.2, 0) is 12.3 Å². The summed E-state index contributed by atoms with van der Waals surface area (Å²) in [5, 5.41) is 0. The van der Waals surface area contributed by atoms with E-state index in [9.17, 15) is 4.79 Å². The number of carbonyl (C=O) groups is 1. The molecule has 1 rings (SSSR count). The number of ketones is 1. The van der Waals surface area contributed by atoms with Crippen molar-refractivity contribution in [2.45, 2.75) is 31.0 Å². The van der Waals surface area contributed by atoms with Gasteiger partial charge in [-0.1, -0.05) is 41.1 Å². The molecule has 1 aromatic rings. The second-order valence-electron chi connectivity index (χ2n) is 3.41. The maximum atomic E-state index is 11.9. The number of benzene rings is 1. The van der Waals surface area contributed by atoms with Gasteiger partial charge < -0.3 is 0 Å². The molecule has 0 saturated heterocycles. The molecule has 1 aromatic carbocycles. The molecule has 0 N–H and O–H groups in total. The van der Waals surface area contributed by atoms with Gasteiger partial charge in [0.2, 0.25) is 0 Å². The van der Waals surface area contributed by atoms with E-state index >= 15 is 0 Å². The fourth-order valence-corrected chi connectivity index (χ4v) is 2.13. The van der Waals surface area contributed by atoms with Gasteiger partial charge in [-0.2, -0.15) is 0 Å². The Kier molecular flexibility index (Phi) is 4.81. The van der Waals surface area contributed by atoms with Crippen molar-refractivity contribution in [3.05, 3.63) is 34.9 Å². The van der Waals surface area contributed by atoms with Crippen molar-refractivity contribution in [3.8, 4) is 0 Å². The number of alkyl halides is 2. The molecule has 0 fully saturated rings. The summed E-state index contributed by atoms with van der Waals surface area (Å²) in [7, 11) is 0. The molecular formula is C12H14BrClO. The van der Waals surface area contributed by atoms with E-state index in [1.165, 1.54) is 0 Å². The molecule has 15 heavy (non-hydrogen) atoms. The Labute approximate surface area is 104 Å². The van der Waals surface area contributed by atoms with Gasteiger partial charge in [-0.15, -0.1) is 11.6 Å². The van der Waals surface area contributed by atoms with Crippen LogP contribution >= 0.6 is 27.5 Å². The molecule has 1 nitrogen and oxygen atoms in total. The quantitative estimate of drug-likeness (QED) is 0.606. The maximum Gasteiger partial charge on any atom is 0.176 e. The number of aryl methyl sites for hydroxylation is 1. The predicted octanol–water partition coefficient (Wildman–Crippen LogP) is 3.95. The van der Waals surface area contributed by atoms with Crippen LogP contribution in [0.5, 0.6) is 0 Å². The van der Waals surface area contributed by atoms with Crippen molar-refractivity contribution in [2.75, 3.05) is 0 Å². The zero-order valence-electron chi connectivity index (χ0n) is 8.89. The van der Waals surface area contributed by atoms with Crippen LogP contribution in [0.2, 0.25) is 0 Å². The topological polar surface area (TPSA) is 17.1 Å². The van der Waals surface area contributed by atoms with Gasteiger partial charge in [-0.25, -0.2) is 0 Å². The zero-order chi connectivity index (χ0) is 11.4. The number of halogens is 2. The van der Waals surface area contributed by atoms with Crippen LogP contribution in [-0.4, -0.2) is 10.6 Å². The van der Waals surface area contributed by atoms with Gasteiger partial charge >= 0.3 is 0 Å². The third-order valence-corrected chi connectivity index (χ3v) is 3.10. The summed E-state index contributed by atoms with van der Waals surface area (Å²) in [5.41, 5.74) is 2.87. The smallest absolute Gasteiger partial charge is 0.176 e. The van der Waals surface area contributed by atoms with Crippen molar-refractivity contribution >= 4 is 33.3 Å². The van der Waals surface area contributed by atoms with E-state index in [0.29, 0.717) is 5.88 Å². The lowest BCUT2D eigenvalue weighted by Crippen LogP contribution is -2.13. The molecule has 0 aliphatic rings. The minimum Gasteiger partial charge on any atom is -0.293 e. The fourth-order valence-electron chi connectivity index (χ4n) is 1.57. The molecule has 82 valence electrons. The van der Waals surface area contributed by atoms with E-state index in [0.717, 1.165) is 23.1 Å². The Bertz CT molecular complexity index is 361.